The van der Waals surface area contributed by atoms with Gasteiger partial charge in [-0.05, 0) is 80.1 Å². The molecule has 4 rings (SSSR count). The van der Waals surface area contributed by atoms with Crippen LogP contribution in [0.4, 0.5) is 39.4 Å². The van der Waals surface area contributed by atoms with Crippen LogP contribution < -0.4 is 10.2 Å². The smallest absolute Gasteiger partial charge is 0.355 e. The standard InChI is InChI=1S/C27H20ClF4N3O2/c1-4-16-5-11-21(14-22(16)27(30,31)32)35-24(36)26(2,3)34(25(35)37)15-17-13-18(28)6-12-23(17)33-20-9-7-19(29)8-10-20/h1,5-14,33H,15H2,2-3H3. The van der Waals surface area contributed by atoms with E-state index in [4.69, 9.17) is 18.0 Å². The molecule has 0 atom stereocenters. The van der Waals surface area contributed by atoms with Gasteiger partial charge < -0.3 is 10.2 Å². The predicted molar refractivity (Wildman–Crippen MR) is 133 cm³/mol. The Kier molecular flexibility index (Phi) is 6.65. The number of rotatable bonds is 5. The van der Waals surface area contributed by atoms with E-state index in [1.165, 1.54) is 49.1 Å². The highest BCUT2D eigenvalue weighted by atomic mass is 35.5. The van der Waals surface area contributed by atoms with Crippen LogP contribution in [-0.4, -0.2) is 22.4 Å². The lowest BCUT2D eigenvalue weighted by molar-refractivity contribution is -0.137. The first-order valence-corrected chi connectivity index (χ1v) is 11.4. The van der Waals surface area contributed by atoms with Gasteiger partial charge in [-0.1, -0.05) is 17.5 Å². The quantitative estimate of drug-likeness (QED) is 0.221. The number of carbonyl (C=O) groups is 2. The molecule has 0 radical (unpaired) electrons. The van der Waals surface area contributed by atoms with Crippen LogP contribution >= 0.6 is 11.6 Å². The Balaban J connectivity index is 1.70. The first-order valence-electron chi connectivity index (χ1n) is 11.0. The number of anilines is 3. The minimum absolute atomic E-state index is 0.0905. The molecule has 1 heterocycles. The Bertz CT molecular complexity index is 1430. The Morgan fingerprint density at radius 2 is 1.70 bits per heavy atom. The van der Waals surface area contributed by atoms with Gasteiger partial charge in [0, 0.05) is 22.0 Å². The number of terminal acetylenes is 1. The van der Waals surface area contributed by atoms with Gasteiger partial charge in [-0.2, -0.15) is 13.2 Å². The molecule has 0 spiro atoms. The van der Waals surface area contributed by atoms with Crippen LogP contribution in [0, 0.1) is 18.2 Å². The molecule has 3 amide bonds. The molecule has 5 nitrogen and oxygen atoms in total. The summed E-state index contributed by atoms with van der Waals surface area (Å²) in [5.41, 5.74) is -1.51. The zero-order valence-electron chi connectivity index (χ0n) is 19.7. The molecule has 0 aromatic heterocycles. The number of halogens is 5. The summed E-state index contributed by atoms with van der Waals surface area (Å²) in [5, 5.41) is 3.50. The molecule has 0 saturated carbocycles. The Morgan fingerprint density at radius 1 is 1.03 bits per heavy atom. The van der Waals surface area contributed by atoms with E-state index in [0.29, 0.717) is 32.9 Å². The summed E-state index contributed by atoms with van der Waals surface area (Å²) in [7, 11) is 0. The van der Waals surface area contributed by atoms with Crippen LogP contribution in [0.5, 0.6) is 0 Å². The molecular formula is C27H20ClF4N3O2. The lowest BCUT2D eigenvalue weighted by Gasteiger charge is -2.28. The van der Waals surface area contributed by atoms with Crippen LogP contribution in [0.2, 0.25) is 5.02 Å². The number of urea groups is 1. The van der Waals surface area contributed by atoms with Crippen molar-refractivity contribution >= 4 is 40.6 Å². The number of nitrogens with zero attached hydrogens (tertiary/aromatic N) is 2. The summed E-state index contributed by atoms with van der Waals surface area (Å²) in [6.07, 6.45) is 0.427. The van der Waals surface area contributed by atoms with E-state index < -0.39 is 40.6 Å². The molecule has 0 bridgehead atoms. The van der Waals surface area contributed by atoms with Crippen LogP contribution in [0.3, 0.4) is 0 Å². The molecular weight excluding hydrogens is 510 g/mol. The lowest BCUT2D eigenvalue weighted by atomic mass is 10.0. The molecule has 3 aromatic carbocycles. The van der Waals surface area contributed by atoms with Crippen LogP contribution in [0.25, 0.3) is 0 Å². The summed E-state index contributed by atoms with van der Waals surface area (Å²) < 4.78 is 54.0. The van der Waals surface area contributed by atoms with Crippen LogP contribution in [0.15, 0.2) is 60.7 Å². The second-order valence-electron chi connectivity index (χ2n) is 8.87. The van der Waals surface area contributed by atoms with Gasteiger partial charge in [-0.25, -0.2) is 14.1 Å². The Morgan fingerprint density at radius 3 is 2.32 bits per heavy atom. The molecule has 1 aliphatic rings. The van der Waals surface area contributed by atoms with E-state index in [9.17, 15) is 27.2 Å². The monoisotopic (exact) mass is 529 g/mol. The average molecular weight is 530 g/mol. The van der Waals surface area contributed by atoms with E-state index in [-0.39, 0.29) is 12.2 Å². The third-order valence-electron chi connectivity index (χ3n) is 6.06. The molecule has 0 unspecified atom stereocenters. The van der Waals surface area contributed by atoms with Crippen molar-refractivity contribution in [3.8, 4) is 12.3 Å². The highest BCUT2D eigenvalue weighted by molar-refractivity contribution is 6.30. The van der Waals surface area contributed by atoms with Crippen molar-refractivity contribution in [2.24, 2.45) is 0 Å². The van der Waals surface area contributed by atoms with Gasteiger partial charge in [0.05, 0.1) is 17.8 Å². The zero-order valence-corrected chi connectivity index (χ0v) is 20.4. The molecule has 10 heteroatoms. The fourth-order valence-electron chi connectivity index (χ4n) is 4.03. The fraction of sp³-hybridized carbons (Fsp3) is 0.185. The minimum atomic E-state index is -4.78. The van der Waals surface area contributed by atoms with E-state index in [2.05, 4.69) is 5.32 Å². The van der Waals surface area contributed by atoms with Crippen molar-refractivity contribution < 1.29 is 27.2 Å². The fourth-order valence-corrected chi connectivity index (χ4v) is 4.23. The maximum atomic E-state index is 13.6. The number of amides is 3. The molecule has 1 aliphatic heterocycles. The number of hydrogen-bond donors (Lipinski definition) is 1. The number of alkyl halides is 3. The van der Waals surface area contributed by atoms with Gasteiger partial charge in [-0.15, -0.1) is 6.42 Å². The van der Waals surface area contributed by atoms with Gasteiger partial charge in [0.25, 0.3) is 5.91 Å². The highest BCUT2D eigenvalue weighted by Crippen LogP contribution is 2.39. The van der Waals surface area contributed by atoms with Gasteiger partial charge >= 0.3 is 12.2 Å². The van der Waals surface area contributed by atoms with E-state index in [0.717, 1.165) is 6.07 Å². The Hall–Kier alpha value is -4.03. The first-order chi connectivity index (χ1) is 17.3. The number of hydrogen-bond acceptors (Lipinski definition) is 3. The molecule has 1 N–H and O–H groups in total. The number of benzene rings is 3. The van der Waals surface area contributed by atoms with Crippen LogP contribution in [0.1, 0.15) is 30.5 Å². The van der Waals surface area contributed by atoms with E-state index in [1.54, 1.807) is 18.2 Å². The number of nitrogens with one attached hydrogen (secondary N) is 1. The van der Waals surface area contributed by atoms with Crippen molar-refractivity contribution in [3.05, 3.63) is 88.2 Å². The molecule has 1 saturated heterocycles. The van der Waals surface area contributed by atoms with Crippen molar-refractivity contribution in [1.82, 2.24) is 4.90 Å². The molecule has 3 aromatic rings. The minimum Gasteiger partial charge on any atom is -0.355 e. The molecule has 190 valence electrons. The third-order valence-corrected chi connectivity index (χ3v) is 6.30. The van der Waals surface area contributed by atoms with E-state index >= 15 is 0 Å². The van der Waals surface area contributed by atoms with Crippen LogP contribution in [-0.2, 0) is 17.5 Å². The summed E-state index contributed by atoms with van der Waals surface area (Å²) in [4.78, 5) is 28.7. The summed E-state index contributed by atoms with van der Waals surface area (Å²) in [6.45, 7) is 2.92. The number of carbonyl (C=O) groups excluding carboxylic acids is 2. The van der Waals surface area contributed by atoms with E-state index in [1.807, 2.05) is 5.92 Å². The SMILES string of the molecule is C#Cc1ccc(N2C(=O)N(Cc3cc(Cl)ccc3Nc3ccc(F)cc3)C(C)(C)C2=O)cc1C(F)(F)F. The van der Waals surface area contributed by atoms with Crippen molar-refractivity contribution in [3.63, 3.8) is 0 Å². The largest absolute Gasteiger partial charge is 0.417 e. The molecule has 0 aliphatic carbocycles. The normalized spacial score (nSPS) is 15.2. The van der Waals surface area contributed by atoms with Crippen molar-refractivity contribution in [1.29, 1.82) is 0 Å². The topological polar surface area (TPSA) is 52.7 Å². The Labute approximate surface area is 215 Å². The predicted octanol–water partition coefficient (Wildman–Crippen LogP) is 6.97. The lowest BCUT2D eigenvalue weighted by Crippen LogP contribution is -2.43. The van der Waals surface area contributed by atoms with Crippen molar-refractivity contribution in [2.45, 2.75) is 32.1 Å². The number of imide groups is 1. The van der Waals surface area contributed by atoms with Gasteiger partial charge in [0.15, 0.2) is 0 Å². The summed E-state index contributed by atoms with van der Waals surface area (Å²) in [5.74, 6) is 0.867. The zero-order chi connectivity index (χ0) is 27.1. The van der Waals surface area contributed by atoms with Gasteiger partial charge in [0.2, 0.25) is 0 Å². The summed E-state index contributed by atoms with van der Waals surface area (Å²) in [6, 6.07) is 12.7. The second kappa shape index (κ2) is 9.45. The molecule has 37 heavy (non-hydrogen) atoms. The second-order valence-corrected chi connectivity index (χ2v) is 9.31. The molecule has 1 fully saturated rings. The maximum Gasteiger partial charge on any atom is 0.417 e. The first kappa shape index (κ1) is 26.0. The third kappa shape index (κ3) is 4.98. The average Bonchev–Trinajstić information content (AvgIpc) is 3.00. The highest BCUT2D eigenvalue weighted by Gasteiger charge is 2.52. The van der Waals surface area contributed by atoms with Gasteiger partial charge in [0.1, 0.15) is 11.4 Å². The van der Waals surface area contributed by atoms with Crippen molar-refractivity contribution in [2.75, 3.05) is 10.2 Å². The maximum absolute atomic E-state index is 13.6. The van der Waals surface area contributed by atoms with Gasteiger partial charge in [-0.3, -0.25) is 4.79 Å². The summed E-state index contributed by atoms with van der Waals surface area (Å²) >= 11 is 6.19.